The number of thioether (sulfide) groups is 1. The smallest absolute Gasteiger partial charge is 0.267 e. The molecular formula is C26H24FN3O2S2. The summed E-state index contributed by atoms with van der Waals surface area (Å²) in [6.45, 7) is 3.96. The van der Waals surface area contributed by atoms with E-state index >= 15 is 0 Å². The van der Waals surface area contributed by atoms with Crippen LogP contribution in [0, 0.1) is 19.7 Å². The van der Waals surface area contributed by atoms with Gasteiger partial charge in [-0.2, -0.15) is 0 Å². The minimum Gasteiger partial charge on any atom is -0.325 e. The number of aryl methyl sites for hydroxylation is 4. The number of aromatic nitrogens is 2. The van der Waals surface area contributed by atoms with Crippen molar-refractivity contribution in [3.8, 4) is 5.69 Å². The molecule has 5 nitrogen and oxygen atoms in total. The minimum absolute atomic E-state index is 0.0948. The monoisotopic (exact) mass is 493 g/mol. The number of nitrogens with one attached hydrogen (secondary N) is 1. The summed E-state index contributed by atoms with van der Waals surface area (Å²) in [5.41, 5.74) is 4.36. The van der Waals surface area contributed by atoms with E-state index in [1.165, 1.54) is 33.3 Å². The number of hydrogen-bond acceptors (Lipinski definition) is 5. The van der Waals surface area contributed by atoms with Gasteiger partial charge >= 0.3 is 0 Å². The Morgan fingerprint density at radius 1 is 1.15 bits per heavy atom. The third kappa shape index (κ3) is 4.40. The van der Waals surface area contributed by atoms with Crippen molar-refractivity contribution in [3.63, 3.8) is 0 Å². The van der Waals surface area contributed by atoms with E-state index in [2.05, 4.69) is 5.32 Å². The first-order valence-corrected chi connectivity index (χ1v) is 13.0. The molecule has 1 amide bonds. The highest BCUT2D eigenvalue weighted by Crippen LogP contribution is 2.35. The summed E-state index contributed by atoms with van der Waals surface area (Å²) < 4.78 is 15.1. The van der Waals surface area contributed by atoms with Gasteiger partial charge in [-0.15, -0.1) is 11.3 Å². The van der Waals surface area contributed by atoms with E-state index in [1.807, 2.05) is 32.0 Å². The van der Waals surface area contributed by atoms with Crippen LogP contribution in [-0.4, -0.2) is 21.2 Å². The van der Waals surface area contributed by atoms with Gasteiger partial charge in [-0.1, -0.05) is 29.5 Å². The molecule has 0 bridgehead atoms. The second-order valence-corrected chi connectivity index (χ2v) is 10.6. The van der Waals surface area contributed by atoms with Crippen molar-refractivity contribution >= 4 is 44.9 Å². The van der Waals surface area contributed by atoms with E-state index in [-0.39, 0.29) is 23.0 Å². The van der Waals surface area contributed by atoms with Crippen molar-refractivity contribution in [3.05, 3.63) is 80.2 Å². The summed E-state index contributed by atoms with van der Waals surface area (Å²) in [5.74, 6) is -0.458. The molecule has 0 aliphatic heterocycles. The number of hydrogen-bond donors (Lipinski definition) is 1. The third-order valence-corrected chi connectivity index (χ3v) is 8.16. The summed E-state index contributed by atoms with van der Waals surface area (Å²) in [6, 6.07) is 11.7. The predicted octanol–water partition coefficient (Wildman–Crippen LogP) is 5.81. The fourth-order valence-electron chi connectivity index (χ4n) is 4.37. The SMILES string of the molecule is Cc1ccc(NC(=O)CSc2nc3sc4c(c3c(=O)n2-c2ccc(F)cc2)CCCC4)c(C)c1. The highest BCUT2D eigenvalue weighted by Gasteiger charge is 2.23. The fraction of sp³-hybridized carbons (Fsp3) is 0.269. The van der Waals surface area contributed by atoms with Crippen molar-refractivity contribution in [2.24, 2.45) is 0 Å². The van der Waals surface area contributed by atoms with Crippen LogP contribution in [0.1, 0.15) is 34.4 Å². The average molecular weight is 494 g/mol. The summed E-state index contributed by atoms with van der Waals surface area (Å²) in [5, 5.41) is 4.03. The van der Waals surface area contributed by atoms with Crippen LogP contribution in [0.15, 0.2) is 52.4 Å². The highest BCUT2D eigenvalue weighted by molar-refractivity contribution is 7.99. The molecule has 1 aliphatic carbocycles. The second kappa shape index (κ2) is 9.35. The molecule has 2 aromatic carbocycles. The molecule has 1 N–H and O–H groups in total. The lowest BCUT2D eigenvalue weighted by atomic mass is 9.97. The van der Waals surface area contributed by atoms with E-state index in [4.69, 9.17) is 4.98 Å². The van der Waals surface area contributed by atoms with Gasteiger partial charge in [0, 0.05) is 10.6 Å². The number of rotatable bonds is 5. The molecular weight excluding hydrogens is 469 g/mol. The second-order valence-electron chi connectivity index (χ2n) is 8.56. The lowest BCUT2D eigenvalue weighted by Crippen LogP contribution is -2.23. The Kier molecular flexibility index (Phi) is 6.27. The molecule has 0 saturated carbocycles. The zero-order chi connectivity index (χ0) is 23.8. The molecule has 174 valence electrons. The Morgan fingerprint density at radius 3 is 2.68 bits per heavy atom. The molecule has 8 heteroatoms. The number of carbonyl (C=O) groups excluding carboxylic acids is 1. The maximum absolute atomic E-state index is 13.7. The Hall–Kier alpha value is -2.97. The number of thiophene rings is 1. The van der Waals surface area contributed by atoms with Crippen molar-refractivity contribution in [1.82, 2.24) is 9.55 Å². The van der Waals surface area contributed by atoms with Crippen LogP contribution in [0.25, 0.3) is 15.9 Å². The topological polar surface area (TPSA) is 64.0 Å². The van der Waals surface area contributed by atoms with Gasteiger partial charge in [0.05, 0.1) is 16.8 Å². The number of benzene rings is 2. The Labute approximate surface area is 205 Å². The molecule has 0 saturated heterocycles. The standard InChI is InChI=1S/C26H24FN3O2S2/c1-15-7-12-20(16(2)13-15)28-22(31)14-33-26-29-24-23(19-5-3-4-6-21(19)34-24)25(32)30(26)18-10-8-17(27)9-11-18/h7-13H,3-6,14H2,1-2H3,(H,28,31). The lowest BCUT2D eigenvalue weighted by Gasteiger charge is -2.14. The van der Waals surface area contributed by atoms with E-state index in [1.54, 1.807) is 23.5 Å². The fourth-order valence-corrected chi connectivity index (χ4v) is 6.49. The van der Waals surface area contributed by atoms with Gasteiger partial charge in [0.15, 0.2) is 5.16 Å². The first kappa shape index (κ1) is 22.8. The molecule has 0 radical (unpaired) electrons. The van der Waals surface area contributed by atoms with E-state index in [9.17, 15) is 14.0 Å². The van der Waals surface area contributed by atoms with Gasteiger partial charge in [0.25, 0.3) is 5.56 Å². The molecule has 0 fully saturated rings. The largest absolute Gasteiger partial charge is 0.325 e. The number of fused-ring (bicyclic) bond motifs is 3. The van der Waals surface area contributed by atoms with Crippen LogP contribution in [-0.2, 0) is 17.6 Å². The quantitative estimate of drug-likeness (QED) is 0.281. The molecule has 2 heterocycles. The first-order chi connectivity index (χ1) is 16.4. The molecule has 2 aromatic heterocycles. The number of anilines is 1. The van der Waals surface area contributed by atoms with Crippen LogP contribution in [0.3, 0.4) is 0 Å². The molecule has 5 rings (SSSR count). The van der Waals surface area contributed by atoms with Gasteiger partial charge in [0.2, 0.25) is 5.91 Å². The van der Waals surface area contributed by atoms with Gasteiger partial charge in [-0.25, -0.2) is 9.37 Å². The third-order valence-electron chi connectivity index (χ3n) is 6.03. The Balaban J connectivity index is 1.51. The van der Waals surface area contributed by atoms with Gasteiger partial charge in [-0.05, 0) is 81.0 Å². The van der Waals surface area contributed by atoms with Crippen LogP contribution in [0.2, 0.25) is 0 Å². The summed E-state index contributed by atoms with van der Waals surface area (Å²) in [6.07, 6.45) is 4.02. The summed E-state index contributed by atoms with van der Waals surface area (Å²) in [7, 11) is 0. The molecule has 0 spiro atoms. The normalized spacial score (nSPS) is 13.1. The molecule has 34 heavy (non-hydrogen) atoms. The number of carbonyl (C=O) groups is 1. The van der Waals surface area contributed by atoms with Crippen LogP contribution in [0.4, 0.5) is 10.1 Å². The van der Waals surface area contributed by atoms with Gasteiger partial charge in [0.1, 0.15) is 10.6 Å². The zero-order valence-electron chi connectivity index (χ0n) is 19.0. The van der Waals surface area contributed by atoms with Crippen LogP contribution in [0.5, 0.6) is 0 Å². The molecule has 0 unspecified atom stereocenters. The van der Waals surface area contributed by atoms with Gasteiger partial charge in [-0.3, -0.25) is 14.2 Å². The maximum atomic E-state index is 13.7. The Bertz CT molecular complexity index is 1460. The number of halogens is 1. The molecule has 1 aliphatic rings. The maximum Gasteiger partial charge on any atom is 0.267 e. The molecule has 0 atom stereocenters. The number of amides is 1. The van der Waals surface area contributed by atoms with Crippen molar-refractivity contribution in [2.75, 3.05) is 11.1 Å². The Morgan fingerprint density at radius 2 is 1.91 bits per heavy atom. The van der Waals surface area contributed by atoms with Crippen molar-refractivity contribution in [1.29, 1.82) is 0 Å². The summed E-state index contributed by atoms with van der Waals surface area (Å²) in [4.78, 5) is 33.2. The average Bonchev–Trinajstić information content (AvgIpc) is 3.19. The predicted molar refractivity (Wildman–Crippen MR) is 137 cm³/mol. The highest BCUT2D eigenvalue weighted by atomic mass is 32.2. The van der Waals surface area contributed by atoms with Crippen LogP contribution >= 0.6 is 23.1 Å². The zero-order valence-corrected chi connectivity index (χ0v) is 20.6. The first-order valence-electron chi connectivity index (χ1n) is 11.2. The number of nitrogens with zero attached hydrogens (tertiary/aromatic N) is 2. The van der Waals surface area contributed by atoms with E-state index in [0.717, 1.165) is 48.1 Å². The minimum atomic E-state index is -0.374. The van der Waals surface area contributed by atoms with Gasteiger partial charge < -0.3 is 5.32 Å². The van der Waals surface area contributed by atoms with Crippen molar-refractivity contribution in [2.45, 2.75) is 44.7 Å². The van der Waals surface area contributed by atoms with E-state index in [0.29, 0.717) is 21.1 Å². The molecule has 4 aromatic rings. The summed E-state index contributed by atoms with van der Waals surface area (Å²) >= 11 is 2.79. The lowest BCUT2D eigenvalue weighted by molar-refractivity contribution is -0.113. The van der Waals surface area contributed by atoms with Crippen LogP contribution < -0.4 is 10.9 Å². The van der Waals surface area contributed by atoms with Crippen molar-refractivity contribution < 1.29 is 9.18 Å². The van der Waals surface area contributed by atoms with E-state index < -0.39 is 0 Å².